The van der Waals surface area contributed by atoms with E-state index in [1.807, 2.05) is 12.2 Å². The van der Waals surface area contributed by atoms with Gasteiger partial charge in [-0.1, -0.05) is 187 Å². The van der Waals surface area contributed by atoms with Gasteiger partial charge in [-0.3, -0.25) is 14.4 Å². The lowest BCUT2D eigenvalue weighted by atomic mass is 10.1. The highest BCUT2D eigenvalue weighted by atomic mass is 16.6. The smallest absolute Gasteiger partial charge is 0.306 e. The first-order valence-electron chi connectivity index (χ1n) is 23.7. The van der Waals surface area contributed by atoms with E-state index in [-0.39, 0.29) is 50.4 Å². The molecule has 0 aromatic rings. The quantitative estimate of drug-likeness (QED) is 0.0201. The normalized spacial score (nSPS) is 13.3. The highest BCUT2D eigenvalue weighted by Gasteiger charge is 2.19. The number of ether oxygens (including phenoxy) is 3. The Balaban J connectivity index is 4.59. The van der Waals surface area contributed by atoms with Crippen molar-refractivity contribution in [3.05, 3.63) is 134 Å². The Morgan fingerprint density at radius 3 is 1.23 bits per heavy atom. The van der Waals surface area contributed by atoms with E-state index in [2.05, 4.69) is 142 Å². The zero-order chi connectivity index (χ0) is 44.4. The van der Waals surface area contributed by atoms with Crippen LogP contribution >= 0.6 is 0 Å². The second kappa shape index (κ2) is 48.2. The molecule has 6 nitrogen and oxygen atoms in total. The van der Waals surface area contributed by atoms with Crippen LogP contribution in [0.2, 0.25) is 0 Å². The summed E-state index contributed by atoms with van der Waals surface area (Å²) in [6.45, 7) is 6.13. The molecule has 0 aromatic carbocycles. The number of esters is 3. The molecule has 0 aliphatic heterocycles. The molecule has 1 unspecified atom stereocenters. The summed E-state index contributed by atoms with van der Waals surface area (Å²) in [4.78, 5) is 37.8. The van der Waals surface area contributed by atoms with Gasteiger partial charge >= 0.3 is 17.9 Å². The molecule has 0 spiro atoms. The van der Waals surface area contributed by atoms with Crippen LogP contribution in [0.5, 0.6) is 0 Å². The minimum Gasteiger partial charge on any atom is -0.462 e. The van der Waals surface area contributed by atoms with Gasteiger partial charge in [-0.05, 0) is 103 Å². The molecule has 6 heteroatoms. The molecule has 0 saturated carbocycles. The van der Waals surface area contributed by atoms with E-state index in [4.69, 9.17) is 14.2 Å². The zero-order valence-electron chi connectivity index (χ0n) is 38.6. The van der Waals surface area contributed by atoms with Gasteiger partial charge in [0.2, 0.25) is 0 Å². The van der Waals surface area contributed by atoms with Crippen molar-refractivity contribution < 1.29 is 28.6 Å². The van der Waals surface area contributed by atoms with E-state index in [0.717, 1.165) is 103 Å². The fourth-order valence-corrected chi connectivity index (χ4v) is 5.74. The van der Waals surface area contributed by atoms with Gasteiger partial charge in [-0.2, -0.15) is 0 Å². The molecule has 0 rings (SSSR count). The summed E-state index contributed by atoms with van der Waals surface area (Å²) < 4.78 is 16.6. The summed E-state index contributed by atoms with van der Waals surface area (Å²) in [5, 5.41) is 0. The lowest BCUT2D eigenvalue weighted by molar-refractivity contribution is -0.166. The summed E-state index contributed by atoms with van der Waals surface area (Å²) in [6, 6.07) is 0. The van der Waals surface area contributed by atoms with Gasteiger partial charge in [-0.25, -0.2) is 0 Å². The Morgan fingerprint density at radius 2 is 0.705 bits per heavy atom. The number of hydrogen-bond acceptors (Lipinski definition) is 6. The van der Waals surface area contributed by atoms with Gasteiger partial charge in [0.05, 0.1) is 0 Å². The van der Waals surface area contributed by atoms with Crippen molar-refractivity contribution in [1.29, 1.82) is 0 Å². The van der Waals surface area contributed by atoms with Gasteiger partial charge in [0.15, 0.2) is 6.10 Å². The minimum absolute atomic E-state index is 0.131. The van der Waals surface area contributed by atoms with Crippen LogP contribution < -0.4 is 0 Å². The fraction of sp³-hybridized carbons (Fsp3) is 0.545. The molecule has 0 N–H and O–H groups in total. The monoisotopic (exact) mass is 841 g/mol. The Kier molecular flexibility index (Phi) is 44.7. The van der Waals surface area contributed by atoms with E-state index in [1.165, 1.54) is 19.3 Å². The van der Waals surface area contributed by atoms with Crippen molar-refractivity contribution in [3.63, 3.8) is 0 Å². The van der Waals surface area contributed by atoms with E-state index >= 15 is 0 Å². The number of unbranched alkanes of at least 4 members (excludes halogenated alkanes) is 9. The topological polar surface area (TPSA) is 78.9 Å². The Labute approximate surface area is 373 Å². The van der Waals surface area contributed by atoms with Crippen LogP contribution in [0.25, 0.3) is 0 Å². The average Bonchev–Trinajstić information content (AvgIpc) is 3.26. The molecule has 1 atom stereocenters. The molecular formula is C55H84O6. The molecule has 0 radical (unpaired) electrons. The summed E-state index contributed by atoms with van der Waals surface area (Å²) >= 11 is 0. The first-order chi connectivity index (χ1) is 30.0. The van der Waals surface area contributed by atoms with Crippen LogP contribution in [0, 0.1) is 0 Å². The fourth-order valence-electron chi connectivity index (χ4n) is 5.74. The molecule has 0 fully saturated rings. The number of carbonyl (C=O) groups excluding carboxylic acids is 3. The van der Waals surface area contributed by atoms with Crippen molar-refractivity contribution in [3.8, 4) is 0 Å². The highest BCUT2D eigenvalue weighted by Crippen LogP contribution is 2.12. The second-order valence-electron chi connectivity index (χ2n) is 14.9. The predicted octanol–water partition coefficient (Wildman–Crippen LogP) is 15.5. The maximum Gasteiger partial charge on any atom is 0.306 e. The number of allylic oxidation sites excluding steroid dienone is 22. The molecule has 0 amide bonds. The summed E-state index contributed by atoms with van der Waals surface area (Å²) in [5.74, 6) is -1.08. The maximum absolute atomic E-state index is 12.8. The third-order valence-electron chi connectivity index (χ3n) is 9.21. The van der Waals surface area contributed by atoms with E-state index < -0.39 is 6.10 Å². The first kappa shape index (κ1) is 56.5. The molecular weight excluding hydrogens is 757 g/mol. The molecule has 0 aromatic heterocycles. The van der Waals surface area contributed by atoms with Crippen LogP contribution in [0.4, 0.5) is 0 Å². The Bertz CT molecular complexity index is 1380. The number of hydrogen-bond donors (Lipinski definition) is 0. The van der Waals surface area contributed by atoms with Gasteiger partial charge in [0, 0.05) is 19.3 Å². The first-order valence-corrected chi connectivity index (χ1v) is 23.7. The molecule has 0 aliphatic rings. The van der Waals surface area contributed by atoms with E-state index in [0.29, 0.717) is 12.8 Å². The molecule has 0 bridgehead atoms. The van der Waals surface area contributed by atoms with Gasteiger partial charge in [0.1, 0.15) is 13.2 Å². The lowest BCUT2D eigenvalue weighted by Gasteiger charge is -2.18. The van der Waals surface area contributed by atoms with Crippen LogP contribution in [0.1, 0.15) is 175 Å². The third kappa shape index (κ3) is 46.5. The van der Waals surface area contributed by atoms with Crippen LogP contribution in [0.3, 0.4) is 0 Å². The maximum atomic E-state index is 12.8. The molecule has 0 heterocycles. The van der Waals surface area contributed by atoms with Crippen LogP contribution in [-0.2, 0) is 28.6 Å². The number of carbonyl (C=O) groups is 3. The third-order valence-corrected chi connectivity index (χ3v) is 9.21. The van der Waals surface area contributed by atoms with Crippen molar-refractivity contribution in [2.45, 2.75) is 181 Å². The molecule has 61 heavy (non-hydrogen) atoms. The summed E-state index contributed by atoms with van der Waals surface area (Å²) in [6.07, 6.45) is 67.3. The SMILES string of the molecule is CC\C=C/C=C\C=C/CCCCCCCCCC(=O)OC(COC(=O)CC/C=C\C/C=C\C/C=C\C/C=C\C/C=C\CC)COC(=O)CCCC/C=C\C/C=C\C/C=C\CC. The Hall–Kier alpha value is -4.45. The largest absolute Gasteiger partial charge is 0.462 e. The van der Waals surface area contributed by atoms with Gasteiger partial charge in [0.25, 0.3) is 0 Å². The molecule has 0 saturated heterocycles. The van der Waals surface area contributed by atoms with Crippen molar-refractivity contribution in [1.82, 2.24) is 0 Å². The molecule has 340 valence electrons. The minimum atomic E-state index is -0.833. The lowest BCUT2D eigenvalue weighted by Crippen LogP contribution is -2.30. The predicted molar refractivity (Wildman–Crippen MR) is 260 cm³/mol. The van der Waals surface area contributed by atoms with E-state index in [9.17, 15) is 14.4 Å². The van der Waals surface area contributed by atoms with Crippen molar-refractivity contribution in [2.75, 3.05) is 13.2 Å². The van der Waals surface area contributed by atoms with Crippen molar-refractivity contribution in [2.24, 2.45) is 0 Å². The number of rotatable bonds is 40. The summed E-state index contributed by atoms with van der Waals surface area (Å²) in [5.41, 5.74) is 0. The second-order valence-corrected chi connectivity index (χ2v) is 14.9. The van der Waals surface area contributed by atoms with Crippen LogP contribution in [0.15, 0.2) is 134 Å². The van der Waals surface area contributed by atoms with Gasteiger partial charge < -0.3 is 14.2 Å². The van der Waals surface area contributed by atoms with Gasteiger partial charge in [-0.15, -0.1) is 0 Å². The van der Waals surface area contributed by atoms with Crippen molar-refractivity contribution >= 4 is 17.9 Å². The molecule has 0 aliphatic carbocycles. The van der Waals surface area contributed by atoms with E-state index in [1.54, 1.807) is 0 Å². The average molecular weight is 841 g/mol. The zero-order valence-corrected chi connectivity index (χ0v) is 38.6. The highest BCUT2D eigenvalue weighted by molar-refractivity contribution is 5.71. The van der Waals surface area contributed by atoms with Crippen LogP contribution in [-0.4, -0.2) is 37.2 Å². The summed E-state index contributed by atoms with van der Waals surface area (Å²) in [7, 11) is 0. The Morgan fingerprint density at radius 1 is 0.344 bits per heavy atom. The standard InChI is InChI=1S/C55H84O6/c1-4-7-10-13-16-19-22-25-27-29-30-33-36-39-42-45-48-54(57)60-51-52(50-59-53(56)47-44-41-38-35-32-24-21-18-15-12-9-6-3)61-55(58)49-46-43-40-37-34-31-28-26-23-20-17-14-11-8-5-2/h7-12,14,16-21,23,25,27,30,32-33,35,39,42,52H,4-6,13,15,22,24,26,28-29,31,34,36-38,40-41,43-51H2,1-3H3/b10-7-,11-8-,12-9-,17-14-,19-16-,21-18-,23-20-,27-25-,33-30-,35-32-,42-39-.